The van der Waals surface area contributed by atoms with Gasteiger partial charge < -0.3 is 10.6 Å². The molecular formula is C16H15F3N2O. The number of anilines is 1. The summed E-state index contributed by atoms with van der Waals surface area (Å²) in [6.45, 7) is 1.61. The number of rotatable bonds is 5. The summed E-state index contributed by atoms with van der Waals surface area (Å²) in [6, 6.07) is 8.19. The van der Waals surface area contributed by atoms with Gasteiger partial charge in [-0.25, -0.2) is 13.2 Å². The van der Waals surface area contributed by atoms with Crippen LogP contribution in [0.3, 0.4) is 0 Å². The van der Waals surface area contributed by atoms with E-state index in [1.165, 1.54) is 30.3 Å². The summed E-state index contributed by atoms with van der Waals surface area (Å²) in [5, 5.41) is 5.42. The first kappa shape index (κ1) is 16.0. The Morgan fingerprint density at radius 3 is 2.32 bits per heavy atom. The molecule has 0 fully saturated rings. The molecule has 0 saturated carbocycles. The molecule has 6 heteroatoms. The minimum absolute atomic E-state index is 0.0602. The molecular weight excluding hydrogens is 293 g/mol. The minimum Gasteiger partial charge on any atom is -0.325 e. The van der Waals surface area contributed by atoms with Crippen LogP contribution in [0.5, 0.6) is 0 Å². The molecule has 116 valence electrons. The van der Waals surface area contributed by atoms with E-state index in [4.69, 9.17) is 0 Å². The Bertz CT molecular complexity index is 659. The number of hydrogen-bond acceptors (Lipinski definition) is 2. The molecule has 2 rings (SSSR count). The first-order valence-electron chi connectivity index (χ1n) is 6.69. The number of nitrogens with one attached hydrogen (secondary N) is 2. The summed E-state index contributed by atoms with van der Waals surface area (Å²) in [4.78, 5) is 11.8. The molecule has 1 atom stereocenters. The highest BCUT2D eigenvalue weighted by Gasteiger charge is 2.12. The predicted molar refractivity (Wildman–Crippen MR) is 77.8 cm³/mol. The monoisotopic (exact) mass is 308 g/mol. The normalized spacial score (nSPS) is 12.0. The van der Waals surface area contributed by atoms with Crippen molar-refractivity contribution in [1.29, 1.82) is 0 Å². The van der Waals surface area contributed by atoms with Gasteiger partial charge in [-0.05, 0) is 37.3 Å². The van der Waals surface area contributed by atoms with Gasteiger partial charge >= 0.3 is 0 Å². The molecule has 0 saturated heterocycles. The van der Waals surface area contributed by atoms with Crippen molar-refractivity contribution >= 4 is 11.6 Å². The largest absolute Gasteiger partial charge is 0.325 e. The van der Waals surface area contributed by atoms with Crippen molar-refractivity contribution in [3.63, 3.8) is 0 Å². The fourth-order valence-electron chi connectivity index (χ4n) is 1.95. The van der Waals surface area contributed by atoms with Crippen LogP contribution < -0.4 is 10.6 Å². The van der Waals surface area contributed by atoms with Crippen molar-refractivity contribution in [2.24, 2.45) is 0 Å². The maximum atomic E-state index is 13.6. The van der Waals surface area contributed by atoms with Gasteiger partial charge in [0.25, 0.3) is 0 Å². The van der Waals surface area contributed by atoms with E-state index >= 15 is 0 Å². The lowest BCUT2D eigenvalue weighted by atomic mass is 10.1. The van der Waals surface area contributed by atoms with Crippen LogP contribution in [0, 0.1) is 17.5 Å². The highest BCUT2D eigenvalue weighted by Crippen LogP contribution is 2.17. The third kappa shape index (κ3) is 4.33. The molecule has 1 amide bonds. The van der Waals surface area contributed by atoms with Gasteiger partial charge in [0, 0.05) is 23.4 Å². The highest BCUT2D eigenvalue weighted by molar-refractivity contribution is 5.92. The molecule has 0 heterocycles. The fourth-order valence-corrected chi connectivity index (χ4v) is 1.95. The van der Waals surface area contributed by atoms with E-state index in [0.29, 0.717) is 5.69 Å². The number of benzene rings is 2. The first-order valence-corrected chi connectivity index (χ1v) is 6.69. The number of halogens is 3. The lowest BCUT2D eigenvalue weighted by Crippen LogP contribution is -2.30. The summed E-state index contributed by atoms with van der Waals surface area (Å²) in [6.07, 6.45) is 0. The van der Waals surface area contributed by atoms with Crippen LogP contribution in [0.2, 0.25) is 0 Å². The Balaban J connectivity index is 1.88. The minimum atomic E-state index is -0.668. The van der Waals surface area contributed by atoms with E-state index in [1.807, 2.05) is 0 Å². The SMILES string of the molecule is C[C@@H](NCC(=O)Nc1ccc(F)cc1)c1ccc(F)cc1F. The quantitative estimate of drug-likeness (QED) is 0.889. The third-order valence-electron chi connectivity index (χ3n) is 3.13. The van der Waals surface area contributed by atoms with Crippen LogP contribution in [0.25, 0.3) is 0 Å². The second kappa shape index (κ2) is 7.09. The smallest absolute Gasteiger partial charge is 0.238 e. The van der Waals surface area contributed by atoms with Crippen LogP contribution in [0.15, 0.2) is 42.5 Å². The van der Waals surface area contributed by atoms with Gasteiger partial charge in [-0.2, -0.15) is 0 Å². The van der Waals surface area contributed by atoms with Gasteiger partial charge in [0.2, 0.25) is 5.91 Å². The second-order valence-corrected chi connectivity index (χ2v) is 4.82. The molecule has 3 nitrogen and oxygen atoms in total. The summed E-state index contributed by atoms with van der Waals surface area (Å²) in [7, 11) is 0. The maximum Gasteiger partial charge on any atom is 0.238 e. The molecule has 2 aromatic rings. The molecule has 0 spiro atoms. The van der Waals surface area contributed by atoms with Gasteiger partial charge in [0.1, 0.15) is 17.5 Å². The zero-order valence-electron chi connectivity index (χ0n) is 11.9. The van der Waals surface area contributed by atoms with Gasteiger partial charge in [-0.15, -0.1) is 0 Å². The third-order valence-corrected chi connectivity index (χ3v) is 3.13. The summed E-state index contributed by atoms with van der Waals surface area (Å²) >= 11 is 0. The fraction of sp³-hybridized carbons (Fsp3) is 0.188. The van der Waals surface area contributed by atoms with Crippen LogP contribution >= 0.6 is 0 Å². The number of amides is 1. The predicted octanol–water partition coefficient (Wildman–Crippen LogP) is 3.39. The highest BCUT2D eigenvalue weighted by atomic mass is 19.1. The van der Waals surface area contributed by atoms with Gasteiger partial charge in [-0.3, -0.25) is 4.79 Å². The van der Waals surface area contributed by atoms with Crippen LogP contribution in [-0.2, 0) is 4.79 Å². The first-order chi connectivity index (χ1) is 10.5. The Morgan fingerprint density at radius 1 is 1.05 bits per heavy atom. The number of carbonyl (C=O) groups excluding carboxylic acids is 1. The van der Waals surface area contributed by atoms with Crippen LogP contribution in [-0.4, -0.2) is 12.5 Å². The number of carbonyl (C=O) groups is 1. The molecule has 0 aromatic heterocycles. The zero-order valence-corrected chi connectivity index (χ0v) is 11.9. The van der Waals surface area contributed by atoms with E-state index in [9.17, 15) is 18.0 Å². The molecule has 2 N–H and O–H groups in total. The van der Waals surface area contributed by atoms with Crippen molar-refractivity contribution in [2.45, 2.75) is 13.0 Å². The molecule has 0 aliphatic rings. The van der Waals surface area contributed by atoms with E-state index in [0.717, 1.165) is 12.1 Å². The van der Waals surface area contributed by atoms with Crippen molar-refractivity contribution in [3.8, 4) is 0 Å². The standard InChI is InChI=1S/C16H15F3N2O/c1-10(14-7-4-12(18)8-15(14)19)20-9-16(22)21-13-5-2-11(17)3-6-13/h2-8,10,20H,9H2,1H3,(H,21,22)/t10-/m1/s1. The Morgan fingerprint density at radius 2 is 1.68 bits per heavy atom. The molecule has 0 aliphatic heterocycles. The summed E-state index contributed by atoms with van der Waals surface area (Å²) in [5.41, 5.74) is 0.741. The number of hydrogen-bond donors (Lipinski definition) is 2. The Kier molecular flexibility index (Phi) is 5.16. The van der Waals surface area contributed by atoms with Crippen molar-refractivity contribution < 1.29 is 18.0 Å². The van der Waals surface area contributed by atoms with Gasteiger partial charge in [-0.1, -0.05) is 6.07 Å². The molecule has 0 unspecified atom stereocenters. The van der Waals surface area contributed by atoms with E-state index in [1.54, 1.807) is 6.92 Å². The van der Waals surface area contributed by atoms with Crippen molar-refractivity contribution in [3.05, 3.63) is 65.5 Å². The van der Waals surface area contributed by atoms with Gasteiger partial charge in [0.05, 0.1) is 6.54 Å². The van der Waals surface area contributed by atoms with Crippen molar-refractivity contribution in [1.82, 2.24) is 5.32 Å². The van der Waals surface area contributed by atoms with Gasteiger partial charge in [0.15, 0.2) is 0 Å². The lowest BCUT2D eigenvalue weighted by molar-refractivity contribution is -0.115. The average molecular weight is 308 g/mol. The van der Waals surface area contributed by atoms with E-state index in [2.05, 4.69) is 10.6 Å². The van der Waals surface area contributed by atoms with E-state index in [-0.39, 0.29) is 18.0 Å². The Labute approximate surface area is 126 Å². The second-order valence-electron chi connectivity index (χ2n) is 4.82. The summed E-state index contributed by atoms with van der Waals surface area (Å²) < 4.78 is 39.2. The van der Waals surface area contributed by atoms with Crippen LogP contribution in [0.1, 0.15) is 18.5 Å². The van der Waals surface area contributed by atoms with Crippen LogP contribution in [0.4, 0.5) is 18.9 Å². The molecule has 0 aliphatic carbocycles. The molecule has 0 bridgehead atoms. The topological polar surface area (TPSA) is 41.1 Å². The lowest BCUT2D eigenvalue weighted by Gasteiger charge is -2.15. The molecule has 0 radical (unpaired) electrons. The average Bonchev–Trinajstić information content (AvgIpc) is 2.47. The molecule has 22 heavy (non-hydrogen) atoms. The maximum absolute atomic E-state index is 13.6. The summed E-state index contributed by atoms with van der Waals surface area (Å²) in [5.74, 6) is -2.06. The Hall–Kier alpha value is -2.34. The zero-order chi connectivity index (χ0) is 16.1. The molecule has 2 aromatic carbocycles. The van der Waals surface area contributed by atoms with E-state index < -0.39 is 23.5 Å². The van der Waals surface area contributed by atoms with Crippen molar-refractivity contribution in [2.75, 3.05) is 11.9 Å².